The maximum atomic E-state index is 13.0. The molecule has 25 heavy (non-hydrogen) atoms. The van der Waals surface area contributed by atoms with Crippen LogP contribution < -0.4 is 9.80 Å². The number of rotatable bonds is 2. The van der Waals surface area contributed by atoms with Crippen molar-refractivity contribution >= 4 is 52.0 Å². The van der Waals surface area contributed by atoms with E-state index in [9.17, 15) is 4.79 Å². The highest BCUT2D eigenvalue weighted by Gasteiger charge is 2.50. The van der Waals surface area contributed by atoms with Gasteiger partial charge in [-0.1, -0.05) is 35.9 Å². The number of amides is 1. The maximum Gasteiger partial charge on any atom is 0.288 e. The van der Waals surface area contributed by atoms with Crippen LogP contribution >= 0.6 is 23.8 Å². The molecule has 3 rings (SSSR count). The highest BCUT2D eigenvalue weighted by Crippen LogP contribution is 2.37. The number of anilines is 2. The molecular weight excluding hydrogens is 356 g/mol. The molecule has 2 heterocycles. The van der Waals surface area contributed by atoms with Crippen LogP contribution in [0.2, 0.25) is 5.02 Å². The van der Waals surface area contributed by atoms with E-state index in [1.807, 2.05) is 49.9 Å². The Kier molecular flexibility index (Phi) is 4.23. The van der Waals surface area contributed by atoms with E-state index in [0.29, 0.717) is 10.8 Å². The van der Waals surface area contributed by atoms with E-state index >= 15 is 0 Å². The van der Waals surface area contributed by atoms with Crippen molar-refractivity contribution in [2.24, 2.45) is 0 Å². The number of halogens is 1. The number of hydrogen-bond donors (Lipinski definition) is 0. The van der Waals surface area contributed by atoms with E-state index in [1.54, 1.807) is 6.07 Å². The molecule has 7 heteroatoms. The Labute approximate surface area is 156 Å². The van der Waals surface area contributed by atoms with Gasteiger partial charge in [-0.05, 0) is 51.2 Å². The monoisotopic (exact) mass is 370 g/mol. The fourth-order valence-electron chi connectivity index (χ4n) is 2.78. The zero-order valence-electron chi connectivity index (χ0n) is 13.9. The predicted octanol–water partition coefficient (Wildman–Crippen LogP) is 4.51. The summed E-state index contributed by atoms with van der Waals surface area (Å²) in [7, 11) is 0. The molecule has 0 spiro atoms. The lowest BCUT2D eigenvalue weighted by Gasteiger charge is -2.29. The second-order valence-electron chi connectivity index (χ2n) is 6.26. The van der Waals surface area contributed by atoms with Gasteiger partial charge in [0, 0.05) is 5.69 Å². The van der Waals surface area contributed by atoms with E-state index in [4.69, 9.17) is 30.4 Å². The minimum absolute atomic E-state index is 0.0950. The largest absolute Gasteiger partial charge is 0.359 e. The standard InChI is InChI=1S/C18H15ClN4OS/c1-11-5-7-12(8-6-11)23-17(25)22(16(24)18(23,2)3)13-9-14(19)15(20-4)21-10-13/h5-10H,1-3H3. The molecule has 0 atom stereocenters. The lowest BCUT2D eigenvalue weighted by Crippen LogP contribution is -2.44. The normalized spacial score (nSPS) is 16.3. The molecule has 0 radical (unpaired) electrons. The zero-order valence-corrected chi connectivity index (χ0v) is 15.5. The summed E-state index contributed by atoms with van der Waals surface area (Å²) in [6.07, 6.45) is 1.44. The lowest BCUT2D eigenvalue weighted by atomic mass is 10.0. The second kappa shape index (κ2) is 6.10. The van der Waals surface area contributed by atoms with Gasteiger partial charge in [0.1, 0.15) is 11.7 Å². The Morgan fingerprint density at radius 1 is 1.24 bits per heavy atom. The molecule has 5 nitrogen and oxygen atoms in total. The smallest absolute Gasteiger partial charge is 0.288 e. The summed E-state index contributed by atoms with van der Waals surface area (Å²) in [5.41, 5.74) is 1.57. The number of aromatic nitrogens is 1. The minimum atomic E-state index is -0.850. The van der Waals surface area contributed by atoms with Gasteiger partial charge >= 0.3 is 0 Å². The molecular formula is C18H15ClN4OS. The number of nitrogens with zero attached hydrogens (tertiary/aromatic N) is 4. The van der Waals surface area contributed by atoms with Gasteiger partial charge in [-0.15, -0.1) is 4.98 Å². The molecule has 1 aliphatic heterocycles. The van der Waals surface area contributed by atoms with Crippen LogP contribution in [0.3, 0.4) is 0 Å². The van der Waals surface area contributed by atoms with Gasteiger partial charge < -0.3 is 9.74 Å². The van der Waals surface area contributed by atoms with E-state index < -0.39 is 5.54 Å². The van der Waals surface area contributed by atoms with Gasteiger partial charge in [-0.3, -0.25) is 9.69 Å². The summed E-state index contributed by atoms with van der Waals surface area (Å²) in [4.78, 5) is 23.5. The molecule has 1 aromatic carbocycles. The number of benzene rings is 1. The highest BCUT2D eigenvalue weighted by molar-refractivity contribution is 7.81. The van der Waals surface area contributed by atoms with Crippen LogP contribution in [0.1, 0.15) is 19.4 Å². The third-order valence-corrected chi connectivity index (χ3v) is 4.77. The molecule has 1 aliphatic rings. The molecule has 126 valence electrons. The lowest BCUT2D eigenvalue weighted by molar-refractivity contribution is -0.120. The van der Waals surface area contributed by atoms with E-state index in [-0.39, 0.29) is 16.7 Å². The van der Waals surface area contributed by atoms with Crippen LogP contribution in [0.5, 0.6) is 0 Å². The minimum Gasteiger partial charge on any atom is -0.359 e. The molecule has 1 saturated heterocycles. The predicted molar refractivity (Wildman–Crippen MR) is 103 cm³/mol. The Morgan fingerprint density at radius 2 is 1.88 bits per heavy atom. The van der Waals surface area contributed by atoms with Gasteiger partial charge in [0.15, 0.2) is 5.11 Å². The quantitative estimate of drug-likeness (QED) is 0.576. The van der Waals surface area contributed by atoms with Crippen molar-refractivity contribution < 1.29 is 4.79 Å². The zero-order chi connectivity index (χ0) is 18.4. The van der Waals surface area contributed by atoms with Gasteiger partial charge in [0.25, 0.3) is 11.7 Å². The topological polar surface area (TPSA) is 40.8 Å². The van der Waals surface area contributed by atoms with Gasteiger partial charge in [0.05, 0.1) is 10.7 Å². The number of carbonyl (C=O) groups excluding carboxylic acids is 1. The third kappa shape index (κ3) is 2.76. The van der Waals surface area contributed by atoms with Crippen LogP contribution in [0, 0.1) is 13.5 Å². The third-order valence-electron chi connectivity index (χ3n) is 4.13. The molecule has 0 bridgehead atoms. The molecule has 1 amide bonds. The number of carbonyl (C=O) groups is 1. The van der Waals surface area contributed by atoms with Crippen LogP contribution in [-0.2, 0) is 4.79 Å². The molecule has 0 unspecified atom stereocenters. The summed E-state index contributed by atoms with van der Waals surface area (Å²) < 4.78 is 0. The molecule has 2 aromatic rings. The van der Waals surface area contributed by atoms with Crippen molar-refractivity contribution in [3.05, 3.63) is 58.5 Å². The first kappa shape index (κ1) is 17.3. The van der Waals surface area contributed by atoms with Crippen molar-refractivity contribution in [2.45, 2.75) is 26.3 Å². The summed E-state index contributed by atoms with van der Waals surface area (Å²) in [5.74, 6) is -0.0795. The Balaban J connectivity index is 2.07. The Morgan fingerprint density at radius 3 is 2.44 bits per heavy atom. The number of aryl methyl sites for hydroxylation is 1. The maximum absolute atomic E-state index is 13.0. The highest BCUT2D eigenvalue weighted by atomic mass is 35.5. The second-order valence-corrected chi connectivity index (χ2v) is 7.04. The molecule has 1 fully saturated rings. The van der Waals surface area contributed by atoms with Crippen molar-refractivity contribution in [1.29, 1.82) is 0 Å². The molecule has 0 saturated carbocycles. The first-order valence-corrected chi connectivity index (χ1v) is 8.34. The van der Waals surface area contributed by atoms with E-state index in [1.165, 1.54) is 11.1 Å². The van der Waals surface area contributed by atoms with Crippen molar-refractivity contribution in [3.63, 3.8) is 0 Å². The van der Waals surface area contributed by atoms with Gasteiger partial charge in [-0.2, -0.15) is 0 Å². The Bertz CT molecular complexity index is 918. The van der Waals surface area contributed by atoms with Gasteiger partial charge in [-0.25, -0.2) is 0 Å². The van der Waals surface area contributed by atoms with Crippen LogP contribution in [0.15, 0.2) is 36.5 Å². The fraction of sp³-hybridized carbons (Fsp3) is 0.222. The van der Waals surface area contributed by atoms with Crippen LogP contribution in [0.4, 0.5) is 17.2 Å². The number of thiocarbonyl (C=S) groups is 1. The number of hydrogen-bond acceptors (Lipinski definition) is 3. The average molecular weight is 371 g/mol. The fourth-order valence-corrected chi connectivity index (χ4v) is 3.50. The van der Waals surface area contributed by atoms with Crippen molar-refractivity contribution in [1.82, 2.24) is 4.98 Å². The number of pyridine rings is 1. The summed E-state index contributed by atoms with van der Waals surface area (Å²) in [6.45, 7) is 12.7. The van der Waals surface area contributed by atoms with Crippen LogP contribution in [-0.4, -0.2) is 21.5 Å². The van der Waals surface area contributed by atoms with E-state index in [2.05, 4.69) is 9.83 Å². The van der Waals surface area contributed by atoms with Crippen LogP contribution in [0.25, 0.3) is 4.85 Å². The summed E-state index contributed by atoms with van der Waals surface area (Å²) in [6, 6.07) is 9.37. The molecule has 0 aliphatic carbocycles. The first-order valence-electron chi connectivity index (χ1n) is 7.56. The SMILES string of the molecule is [C-]#[N+]c1ncc(N2C(=O)C(C)(C)N(c3ccc(C)cc3)C2=S)cc1Cl. The van der Waals surface area contributed by atoms with Crippen molar-refractivity contribution in [2.75, 3.05) is 9.80 Å². The summed E-state index contributed by atoms with van der Waals surface area (Å²) in [5, 5.41) is 0.543. The van der Waals surface area contributed by atoms with Crippen molar-refractivity contribution in [3.8, 4) is 0 Å². The molecule has 0 N–H and O–H groups in total. The Hall–Kier alpha value is -2.49. The molecule has 1 aromatic heterocycles. The average Bonchev–Trinajstić information content (AvgIpc) is 2.74. The summed E-state index contributed by atoms with van der Waals surface area (Å²) >= 11 is 11.7. The van der Waals surface area contributed by atoms with E-state index in [0.717, 1.165) is 11.3 Å². The first-order chi connectivity index (χ1) is 11.8. The van der Waals surface area contributed by atoms with Gasteiger partial charge in [0.2, 0.25) is 0 Å².